The van der Waals surface area contributed by atoms with Crippen LogP contribution in [0.5, 0.6) is 0 Å². The number of carbonyl (C=O) groups excluding carboxylic acids is 4. The van der Waals surface area contributed by atoms with Gasteiger partial charge in [-0.05, 0) is 50.8 Å². The lowest BCUT2D eigenvalue weighted by Gasteiger charge is -2.28. The third-order valence-electron chi connectivity index (χ3n) is 4.88. The van der Waals surface area contributed by atoms with E-state index in [2.05, 4.69) is 10.6 Å². The van der Waals surface area contributed by atoms with Crippen molar-refractivity contribution in [3.63, 3.8) is 0 Å². The minimum absolute atomic E-state index is 0.140. The molecular formula is C19H25N3O4. The second-order valence-electron chi connectivity index (χ2n) is 6.68. The van der Waals surface area contributed by atoms with Crippen molar-refractivity contribution in [2.24, 2.45) is 0 Å². The Kier molecular flexibility index (Phi) is 6.89. The summed E-state index contributed by atoms with van der Waals surface area (Å²) >= 11 is 0. The predicted octanol–water partition coefficient (Wildman–Crippen LogP) is 1.98. The summed E-state index contributed by atoms with van der Waals surface area (Å²) in [5.74, 6) is -0.652. The number of amides is 3. The molecule has 0 bridgehead atoms. The van der Waals surface area contributed by atoms with Crippen molar-refractivity contribution in [3.8, 4) is 0 Å². The van der Waals surface area contributed by atoms with Gasteiger partial charge in [0.1, 0.15) is 0 Å². The highest BCUT2D eigenvalue weighted by Crippen LogP contribution is 2.25. The first-order valence-electron chi connectivity index (χ1n) is 8.82. The summed E-state index contributed by atoms with van der Waals surface area (Å²) in [6.45, 7) is 1.82. The van der Waals surface area contributed by atoms with E-state index in [0.717, 1.165) is 18.5 Å². The zero-order valence-corrected chi connectivity index (χ0v) is 15.2. The quantitative estimate of drug-likeness (QED) is 0.657. The Hall–Kier alpha value is -2.70. The van der Waals surface area contributed by atoms with Crippen molar-refractivity contribution in [2.45, 2.75) is 51.1 Å². The molecule has 3 amide bonds. The lowest BCUT2D eigenvalue weighted by atomic mass is 9.92. The number of nitrogens with one attached hydrogen (secondary N) is 2. The van der Waals surface area contributed by atoms with Crippen LogP contribution in [-0.2, 0) is 9.59 Å². The van der Waals surface area contributed by atoms with Gasteiger partial charge >= 0.3 is 0 Å². The minimum Gasteiger partial charge on any atom is -0.382 e. The van der Waals surface area contributed by atoms with Crippen molar-refractivity contribution in [2.75, 3.05) is 12.4 Å². The topological polar surface area (TPSA) is 95.6 Å². The van der Waals surface area contributed by atoms with E-state index in [-0.39, 0.29) is 24.3 Å². The summed E-state index contributed by atoms with van der Waals surface area (Å²) < 4.78 is 0. The Morgan fingerprint density at radius 3 is 2.62 bits per heavy atom. The van der Waals surface area contributed by atoms with Gasteiger partial charge in [0.2, 0.25) is 12.3 Å². The average molecular weight is 359 g/mol. The first-order chi connectivity index (χ1) is 12.5. The molecule has 1 aromatic rings. The van der Waals surface area contributed by atoms with Gasteiger partial charge in [0.05, 0.1) is 5.56 Å². The maximum absolute atomic E-state index is 12.8. The van der Waals surface area contributed by atoms with Crippen LogP contribution in [0.2, 0.25) is 0 Å². The van der Waals surface area contributed by atoms with Crippen LogP contribution in [0.3, 0.4) is 0 Å². The number of benzene rings is 1. The van der Waals surface area contributed by atoms with Gasteiger partial charge in [-0.1, -0.05) is 0 Å². The molecule has 0 heterocycles. The molecule has 0 radical (unpaired) electrons. The van der Waals surface area contributed by atoms with Crippen molar-refractivity contribution < 1.29 is 19.2 Å². The first-order valence-corrected chi connectivity index (χ1v) is 8.82. The normalized spacial score (nSPS) is 14.7. The minimum atomic E-state index is -0.382. The summed E-state index contributed by atoms with van der Waals surface area (Å²) in [5, 5.41) is 5.45. The highest BCUT2D eigenvalue weighted by molar-refractivity contribution is 6.02. The highest BCUT2D eigenvalue weighted by atomic mass is 16.2. The number of hydrogen-bond donors (Lipinski definition) is 2. The molecule has 0 spiro atoms. The first kappa shape index (κ1) is 19.6. The van der Waals surface area contributed by atoms with E-state index in [1.807, 2.05) is 13.0 Å². The zero-order valence-electron chi connectivity index (χ0n) is 15.2. The van der Waals surface area contributed by atoms with Gasteiger partial charge in [0.25, 0.3) is 5.91 Å². The van der Waals surface area contributed by atoms with Crippen molar-refractivity contribution in [1.82, 2.24) is 10.2 Å². The molecule has 2 N–H and O–H groups in total. The predicted molar refractivity (Wildman–Crippen MR) is 98.1 cm³/mol. The number of aldehydes is 1. The summed E-state index contributed by atoms with van der Waals surface area (Å²) in [6, 6.07) is 5.38. The van der Waals surface area contributed by atoms with Crippen molar-refractivity contribution in [1.29, 1.82) is 0 Å². The van der Waals surface area contributed by atoms with E-state index >= 15 is 0 Å². The van der Waals surface area contributed by atoms with E-state index in [1.54, 1.807) is 19.2 Å². The molecule has 1 aromatic carbocycles. The Bertz CT molecular complexity index is 685. The molecule has 7 heteroatoms. The van der Waals surface area contributed by atoms with Crippen LogP contribution in [0.1, 0.15) is 59.7 Å². The Balaban J connectivity index is 2.07. The molecule has 1 unspecified atom stereocenters. The largest absolute Gasteiger partial charge is 0.382 e. The Labute approximate surface area is 153 Å². The van der Waals surface area contributed by atoms with E-state index in [0.29, 0.717) is 36.3 Å². The SMILES string of the molecule is CC(CCC(=O)NC=O)N(C)C(=O)c1cc(NC2CCC2)ccc1C=O. The van der Waals surface area contributed by atoms with E-state index in [1.165, 1.54) is 11.3 Å². The number of anilines is 1. The van der Waals surface area contributed by atoms with Crippen LogP contribution in [0.4, 0.5) is 5.69 Å². The summed E-state index contributed by atoms with van der Waals surface area (Å²) in [5.41, 5.74) is 1.51. The highest BCUT2D eigenvalue weighted by Gasteiger charge is 2.22. The fourth-order valence-corrected chi connectivity index (χ4v) is 2.78. The molecule has 1 aliphatic carbocycles. The van der Waals surface area contributed by atoms with Gasteiger partial charge < -0.3 is 10.2 Å². The number of nitrogens with zero attached hydrogens (tertiary/aromatic N) is 1. The molecule has 0 saturated heterocycles. The number of hydrogen-bond acceptors (Lipinski definition) is 5. The fourth-order valence-electron chi connectivity index (χ4n) is 2.78. The Morgan fingerprint density at radius 1 is 1.31 bits per heavy atom. The third kappa shape index (κ3) is 4.91. The summed E-state index contributed by atoms with van der Waals surface area (Å²) in [4.78, 5) is 47.3. The molecule has 1 saturated carbocycles. The average Bonchev–Trinajstić information content (AvgIpc) is 2.61. The molecule has 1 fully saturated rings. The molecule has 1 aliphatic rings. The van der Waals surface area contributed by atoms with Gasteiger partial charge in [0.15, 0.2) is 6.29 Å². The smallest absolute Gasteiger partial charge is 0.254 e. The molecule has 2 rings (SSSR count). The third-order valence-corrected chi connectivity index (χ3v) is 4.88. The summed E-state index contributed by atoms with van der Waals surface area (Å²) in [7, 11) is 1.64. The Morgan fingerprint density at radius 2 is 2.04 bits per heavy atom. The molecule has 26 heavy (non-hydrogen) atoms. The van der Waals surface area contributed by atoms with E-state index < -0.39 is 0 Å². The van der Waals surface area contributed by atoms with Crippen LogP contribution in [0, 0.1) is 0 Å². The maximum atomic E-state index is 12.8. The molecule has 0 aliphatic heterocycles. The van der Waals surface area contributed by atoms with Crippen LogP contribution in [-0.4, -0.2) is 48.5 Å². The molecule has 1 atom stereocenters. The second-order valence-corrected chi connectivity index (χ2v) is 6.68. The van der Waals surface area contributed by atoms with Crippen LogP contribution in [0.25, 0.3) is 0 Å². The van der Waals surface area contributed by atoms with E-state index in [9.17, 15) is 19.2 Å². The number of carbonyl (C=O) groups is 4. The van der Waals surface area contributed by atoms with Crippen molar-refractivity contribution >= 4 is 30.2 Å². The lowest BCUT2D eigenvalue weighted by Crippen LogP contribution is -2.36. The molecule has 140 valence electrons. The maximum Gasteiger partial charge on any atom is 0.254 e. The molecule has 7 nitrogen and oxygen atoms in total. The monoisotopic (exact) mass is 359 g/mol. The van der Waals surface area contributed by atoms with Gasteiger partial charge in [-0.3, -0.25) is 24.5 Å². The second kappa shape index (κ2) is 9.12. The lowest BCUT2D eigenvalue weighted by molar-refractivity contribution is -0.125. The van der Waals surface area contributed by atoms with Gasteiger partial charge in [-0.2, -0.15) is 0 Å². The summed E-state index contributed by atoms with van der Waals surface area (Å²) in [6.07, 6.45) is 5.00. The van der Waals surface area contributed by atoms with Crippen molar-refractivity contribution in [3.05, 3.63) is 29.3 Å². The zero-order chi connectivity index (χ0) is 19.1. The van der Waals surface area contributed by atoms with Crippen LogP contribution >= 0.6 is 0 Å². The van der Waals surface area contributed by atoms with Gasteiger partial charge in [-0.15, -0.1) is 0 Å². The van der Waals surface area contributed by atoms with Gasteiger partial charge in [-0.25, -0.2) is 0 Å². The van der Waals surface area contributed by atoms with Crippen LogP contribution < -0.4 is 10.6 Å². The number of imide groups is 1. The van der Waals surface area contributed by atoms with Crippen LogP contribution in [0.15, 0.2) is 18.2 Å². The molecular weight excluding hydrogens is 334 g/mol. The standard InChI is InChI=1S/C19H25N3O4/c1-13(6-9-18(25)20-12-24)22(2)19(26)17-10-16(8-7-14(17)11-23)21-15-4-3-5-15/h7-8,10-13,15,21H,3-6,9H2,1-2H3,(H,20,24,25). The number of rotatable bonds is 9. The van der Waals surface area contributed by atoms with E-state index in [4.69, 9.17) is 0 Å². The molecule has 0 aromatic heterocycles. The fraction of sp³-hybridized carbons (Fsp3) is 0.474. The van der Waals surface area contributed by atoms with Gasteiger partial charge in [0, 0.05) is 36.8 Å².